The highest BCUT2D eigenvalue weighted by Gasteiger charge is 2.51. The van der Waals surface area contributed by atoms with Crippen LogP contribution in [0.5, 0.6) is 5.75 Å². The van der Waals surface area contributed by atoms with Gasteiger partial charge in [-0.15, -0.1) is 6.42 Å². The van der Waals surface area contributed by atoms with Crippen LogP contribution >= 0.6 is 0 Å². The van der Waals surface area contributed by atoms with E-state index in [1.165, 1.54) is 5.01 Å². The molecule has 11 nitrogen and oxygen atoms in total. The van der Waals surface area contributed by atoms with Gasteiger partial charge in [0.05, 0.1) is 32.8 Å². The van der Waals surface area contributed by atoms with Crippen LogP contribution < -0.4 is 10.2 Å². The molecule has 4 amide bonds. The van der Waals surface area contributed by atoms with Gasteiger partial charge in [-0.3, -0.25) is 9.59 Å². The van der Waals surface area contributed by atoms with Gasteiger partial charge in [-0.2, -0.15) is 5.01 Å². The fraction of sp³-hybridized carbons (Fsp3) is 0.361. The molecule has 11 heteroatoms. The van der Waals surface area contributed by atoms with E-state index in [0.717, 1.165) is 41.0 Å². The summed E-state index contributed by atoms with van der Waals surface area (Å²) in [4.78, 5) is 47.7. The fourth-order valence-corrected chi connectivity index (χ4v) is 6.61. The number of urea groups is 1. The standard InChI is InChI=1S/C36H40N6O5/c1-3-15-40-25-34(44)41-32(20-27-11-13-30(43)14-12-27)35(45)39(23-29-10-9-26(2)31(21-29)38-16-18-47-19-17-38)24-33(41)42(40)36(46)37-22-28-7-5-4-6-8-28/h1,4-14,21,32-33,43H,15-20,22-25H2,2H3,(H,37,46)/t32-,33-/m0/s1. The molecule has 0 bridgehead atoms. The van der Waals surface area contributed by atoms with E-state index in [4.69, 9.17) is 11.2 Å². The van der Waals surface area contributed by atoms with Gasteiger partial charge in [0.25, 0.3) is 0 Å². The molecular weight excluding hydrogens is 596 g/mol. The number of rotatable bonds is 8. The van der Waals surface area contributed by atoms with Crippen molar-refractivity contribution >= 4 is 23.5 Å². The minimum absolute atomic E-state index is 0.0479. The van der Waals surface area contributed by atoms with E-state index in [2.05, 4.69) is 35.2 Å². The molecule has 3 aromatic carbocycles. The Morgan fingerprint density at radius 2 is 1.72 bits per heavy atom. The summed E-state index contributed by atoms with van der Waals surface area (Å²) < 4.78 is 5.56. The maximum atomic E-state index is 14.3. The molecule has 3 aromatic rings. The number of fused-ring (bicyclic) bond motifs is 1. The molecule has 3 aliphatic rings. The molecule has 3 aliphatic heterocycles. The molecule has 3 heterocycles. The lowest BCUT2D eigenvalue weighted by Crippen LogP contribution is -2.76. The minimum atomic E-state index is -0.868. The second kappa shape index (κ2) is 14.2. The number of hydrazine groups is 1. The summed E-state index contributed by atoms with van der Waals surface area (Å²) in [5, 5.41) is 16.0. The van der Waals surface area contributed by atoms with Crippen LogP contribution in [0.2, 0.25) is 0 Å². The van der Waals surface area contributed by atoms with Gasteiger partial charge >= 0.3 is 6.03 Å². The van der Waals surface area contributed by atoms with Crippen LogP contribution in [0.15, 0.2) is 72.8 Å². The average molecular weight is 637 g/mol. The Labute approximate surface area is 275 Å². The van der Waals surface area contributed by atoms with Crippen LogP contribution in [-0.2, 0) is 33.8 Å². The zero-order chi connectivity index (χ0) is 32.9. The number of benzene rings is 3. The molecule has 0 radical (unpaired) electrons. The number of piperazine rings is 1. The average Bonchev–Trinajstić information content (AvgIpc) is 3.08. The normalized spacial score (nSPS) is 20.2. The maximum Gasteiger partial charge on any atom is 0.334 e. The Bertz CT molecular complexity index is 1640. The molecule has 244 valence electrons. The SMILES string of the molecule is C#CCN1CC(=O)N2[C@@H](Cc3ccc(O)cc3)C(=O)N(Cc3ccc(C)c(N4CCOCC4)c3)C[C@@H]2N1C(=O)NCc1ccccc1. The number of nitrogens with zero attached hydrogens (tertiary/aromatic N) is 5. The number of nitrogens with one attached hydrogen (secondary N) is 1. The molecule has 3 fully saturated rings. The zero-order valence-corrected chi connectivity index (χ0v) is 26.5. The van der Waals surface area contributed by atoms with Crippen LogP contribution in [0.4, 0.5) is 10.5 Å². The molecule has 0 unspecified atom stereocenters. The molecular formula is C36H40N6O5. The molecule has 0 aliphatic carbocycles. The summed E-state index contributed by atoms with van der Waals surface area (Å²) in [6.07, 6.45) is 5.14. The first-order valence-electron chi connectivity index (χ1n) is 15.9. The topological polar surface area (TPSA) is 109 Å². The predicted molar refractivity (Wildman–Crippen MR) is 177 cm³/mol. The summed E-state index contributed by atoms with van der Waals surface area (Å²) >= 11 is 0. The van der Waals surface area contributed by atoms with E-state index in [1.54, 1.807) is 39.1 Å². The van der Waals surface area contributed by atoms with Crippen molar-refractivity contribution in [2.75, 3.05) is 50.8 Å². The smallest absolute Gasteiger partial charge is 0.334 e. The number of carbonyl (C=O) groups is 3. The number of anilines is 1. The number of morpholine rings is 1. The van der Waals surface area contributed by atoms with Gasteiger partial charge in [-0.25, -0.2) is 9.80 Å². The fourth-order valence-electron chi connectivity index (χ4n) is 6.61. The number of ether oxygens (including phenoxy) is 1. The zero-order valence-electron chi connectivity index (χ0n) is 26.5. The van der Waals surface area contributed by atoms with Crippen molar-refractivity contribution in [2.24, 2.45) is 0 Å². The molecule has 3 saturated heterocycles. The largest absolute Gasteiger partial charge is 0.508 e. The number of amides is 4. The molecule has 0 aromatic heterocycles. The molecule has 2 atom stereocenters. The lowest BCUT2D eigenvalue weighted by atomic mass is 9.98. The predicted octanol–water partition coefficient (Wildman–Crippen LogP) is 2.72. The summed E-state index contributed by atoms with van der Waals surface area (Å²) in [5.41, 5.74) is 4.90. The highest BCUT2D eigenvalue weighted by Crippen LogP contribution is 2.31. The van der Waals surface area contributed by atoms with Crippen LogP contribution in [-0.4, -0.2) is 101 Å². The van der Waals surface area contributed by atoms with Gasteiger partial charge in [0.15, 0.2) is 0 Å². The van der Waals surface area contributed by atoms with Crippen LogP contribution in [0.3, 0.4) is 0 Å². The molecule has 6 rings (SSSR count). The van der Waals surface area contributed by atoms with E-state index in [-0.39, 0.29) is 50.2 Å². The van der Waals surface area contributed by atoms with Crippen LogP contribution in [0, 0.1) is 19.3 Å². The second-order valence-corrected chi connectivity index (χ2v) is 12.1. The number of aromatic hydroxyl groups is 1. The number of hydrogen-bond donors (Lipinski definition) is 2. The van der Waals surface area contributed by atoms with Crippen molar-refractivity contribution in [1.29, 1.82) is 0 Å². The van der Waals surface area contributed by atoms with E-state index < -0.39 is 18.2 Å². The van der Waals surface area contributed by atoms with E-state index >= 15 is 0 Å². The van der Waals surface area contributed by atoms with E-state index in [0.29, 0.717) is 19.8 Å². The van der Waals surface area contributed by atoms with Crippen LogP contribution in [0.1, 0.15) is 22.3 Å². The third kappa shape index (κ3) is 7.04. The second-order valence-electron chi connectivity index (χ2n) is 12.1. The number of phenols is 1. The van der Waals surface area contributed by atoms with Crippen molar-refractivity contribution in [3.8, 4) is 18.1 Å². The van der Waals surface area contributed by atoms with Crippen molar-refractivity contribution in [2.45, 2.75) is 38.6 Å². The van der Waals surface area contributed by atoms with Crippen molar-refractivity contribution in [3.63, 3.8) is 0 Å². The van der Waals surface area contributed by atoms with Gasteiger partial charge in [0.1, 0.15) is 18.0 Å². The third-order valence-electron chi connectivity index (χ3n) is 8.96. The number of hydrogen-bond acceptors (Lipinski definition) is 7. The summed E-state index contributed by atoms with van der Waals surface area (Å²) in [7, 11) is 0. The summed E-state index contributed by atoms with van der Waals surface area (Å²) in [5.74, 6) is 2.22. The first kappa shape index (κ1) is 31.9. The maximum absolute atomic E-state index is 14.3. The monoisotopic (exact) mass is 636 g/mol. The van der Waals surface area contributed by atoms with Gasteiger partial charge in [-0.05, 0) is 47.4 Å². The Morgan fingerprint density at radius 1 is 1.00 bits per heavy atom. The lowest BCUT2D eigenvalue weighted by molar-refractivity contribution is -0.189. The van der Waals surface area contributed by atoms with Gasteiger partial charge in [-0.1, -0.05) is 60.5 Å². The van der Waals surface area contributed by atoms with Gasteiger partial charge in [0.2, 0.25) is 11.8 Å². The number of terminal acetylenes is 1. The van der Waals surface area contributed by atoms with Crippen molar-refractivity contribution in [3.05, 3.63) is 95.1 Å². The Morgan fingerprint density at radius 3 is 2.45 bits per heavy atom. The number of carbonyl (C=O) groups excluding carboxylic acids is 3. The molecule has 0 saturated carbocycles. The third-order valence-corrected chi connectivity index (χ3v) is 8.96. The first-order valence-corrected chi connectivity index (χ1v) is 15.9. The first-order chi connectivity index (χ1) is 22.8. The summed E-state index contributed by atoms with van der Waals surface area (Å²) in [6, 6.07) is 21.1. The highest BCUT2D eigenvalue weighted by atomic mass is 16.5. The summed E-state index contributed by atoms with van der Waals surface area (Å²) in [6.45, 7) is 5.58. The Hall–Kier alpha value is -5.05. The molecule has 0 spiro atoms. The Kier molecular flexibility index (Phi) is 9.61. The van der Waals surface area contributed by atoms with E-state index in [1.807, 2.05) is 36.4 Å². The van der Waals surface area contributed by atoms with E-state index in [9.17, 15) is 19.5 Å². The molecule has 2 N–H and O–H groups in total. The van der Waals surface area contributed by atoms with Gasteiger partial charge < -0.3 is 29.9 Å². The van der Waals surface area contributed by atoms with Crippen molar-refractivity contribution < 1.29 is 24.2 Å². The van der Waals surface area contributed by atoms with Gasteiger partial charge in [0, 0.05) is 38.3 Å². The number of phenolic OH excluding ortho intramolecular Hbond substituents is 1. The van der Waals surface area contributed by atoms with Crippen LogP contribution in [0.25, 0.3) is 0 Å². The quantitative estimate of drug-likeness (QED) is 0.366. The van der Waals surface area contributed by atoms with Crippen molar-refractivity contribution in [1.82, 2.24) is 25.1 Å². The molecule has 47 heavy (non-hydrogen) atoms. The highest BCUT2D eigenvalue weighted by molar-refractivity contribution is 5.91. The minimum Gasteiger partial charge on any atom is -0.508 e. The lowest BCUT2D eigenvalue weighted by Gasteiger charge is -2.55. The number of aryl methyl sites for hydroxylation is 1. The Balaban J connectivity index is 1.33.